The molecule has 0 saturated heterocycles. The van der Waals surface area contributed by atoms with Crippen LogP contribution in [0.25, 0.3) is 0 Å². The summed E-state index contributed by atoms with van der Waals surface area (Å²) in [6.45, 7) is 0. The third-order valence-corrected chi connectivity index (χ3v) is 2.69. The molecule has 1 unspecified atom stereocenters. The van der Waals surface area contributed by atoms with Crippen LogP contribution in [0.2, 0.25) is 0 Å². The second-order valence-electron chi connectivity index (χ2n) is 2.53. The fraction of sp³-hybridized carbons (Fsp3) is 0.667. The van der Waals surface area contributed by atoms with E-state index in [4.69, 9.17) is 9.66 Å². The molecule has 0 heterocycles. The molecular weight excluding hydrogens is 168 g/mol. The van der Waals surface area contributed by atoms with E-state index in [1.165, 1.54) is 6.08 Å². The molecule has 1 atom stereocenters. The Kier molecular flexibility index (Phi) is 2.31. The molecular formula is C6H10O4S. The summed E-state index contributed by atoms with van der Waals surface area (Å²) in [6, 6.07) is 0. The highest BCUT2D eigenvalue weighted by Crippen LogP contribution is 2.21. The lowest BCUT2D eigenvalue weighted by atomic mass is 10.1. The summed E-state index contributed by atoms with van der Waals surface area (Å²) in [6.07, 6.45) is 2.13. The van der Waals surface area contributed by atoms with Crippen molar-refractivity contribution in [1.82, 2.24) is 0 Å². The van der Waals surface area contributed by atoms with E-state index >= 15 is 0 Å². The Morgan fingerprint density at radius 2 is 2.18 bits per heavy atom. The molecule has 1 aliphatic rings. The Balaban J connectivity index is 2.94. The van der Waals surface area contributed by atoms with E-state index in [0.29, 0.717) is 12.8 Å². The van der Waals surface area contributed by atoms with Gasteiger partial charge >= 0.3 is 0 Å². The highest BCUT2D eigenvalue weighted by Gasteiger charge is 2.24. The van der Waals surface area contributed by atoms with Gasteiger partial charge in [0.05, 0.1) is 11.0 Å². The lowest BCUT2D eigenvalue weighted by Gasteiger charge is -2.16. The maximum Gasteiger partial charge on any atom is 0.292 e. The monoisotopic (exact) mass is 178 g/mol. The summed E-state index contributed by atoms with van der Waals surface area (Å²) in [7, 11) is -4.16. The first-order valence-electron chi connectivity index (χ1n) is 3.37. The van der Waals surface area contributed by atoms with Crippen molar-refractivity contribution in [3.05, 3.63) is 11.0 Å². The summed E-state index contributed by atoms with van der Waals surface area (Å²) >= 11 is 0. The molecule has 0 aliphatic heterocycles. The van der Waals surface area contributed by atoms with Gasteiger partial charge in [0.2, 0.25) is 0 Å². The summed E-state index contributed by atoms with van der Waals surface area (Å²) in [5.41, 5.74) is 0. The van der Waals surface area contributed by atoms with Crippen molar-refractivity contribution in [3.63, 3.8) is 0 Å². The third-order valence-electron chi connectivity index (χ3n) is 1.65. The fourth-order valence-corrected chi connectivity index (χ4v) is 1.90. The highest BCUT2D eigenvalue weighted by molar-refractivity contribution is 7.89. The highest BCUT2D eigenvalue weighted by atomic mass is 32.2. The third kappa shape index (κ3) is 2.02. The minimum atomic E-state index is -4.16. The zero-order chi connectivity index (χ0) is 8.48. The Morgan fingerprint density at radius 3 is 2.55 bits per heavy atom. The van der Waals surface area contributed by atoms with Crippen molar-refractivity contribution < 1.29 is 18.1 Å². The maximum absolute atomic E-state index is 10.5. The van der Waals surface area contributed by atoms with Crippen LogP contribution in [0.4, 0.5) is 0 Å². The van der Waals surface area contributed by atoms with Gasteiger partial charge in [-0.1, -0.05) is 6.08 Å². The van der Waals surface area contributed by atoms with Crippen LogP contribution < -0.4 is 0 Å². The van der Waals surface area contributed by atoms with Crippen molar-refractivity contribution >= 4 is 10.1 Å². The summed E-state index contributed by atoms with van der Waals surface area (Å²) in [5.74, 6) is 0. The summed E-state index contributed by atoms with van der Waals surface area (Å²) in [4.78, 5) is -0.247. The first kappa shape index (κ1) is 8.70. The molecule has 0 fully saturated rings. The Hall–Kier alpha value is -0.390. The van der Waals surface area contributed by atoms with Crippen LogP contribution in [0.15, 0.2) is 11.0 Å². The molecule has 0 bridgehead atoms. The Bertz CT molecular complexity index is 264. The van der Waals surface area contributed by atoms with Gasteiger partial charge in [-0.15, -0.1) is 0 Å². The van der Waals surface area contributed by atoms with Gasteiger partial charge in [0.15, 0.2) is 0 Å². The molecule has 0 spiro atoms. The number of allylic oxidation sites excluding steroid dienone is 1. The number of hydrogen-bond acceptors (Lipinski definition) is 3. The number of aliphatic hydroxyl groups is 1. The van der Waals surface area contributed by atoms with Gasteiger partial charge in [-0.25, -0.2) is 0 Å². The molecule has 11 heavy (non-hydrogen) atoms. The van der Waals surface area contributed by atoms with Crippen molar-refractivity contribution in [2.75, 3.05) is 0 Å². The van der Waals surface area contributed by atoms with E-state index in [2.05, 4.69) is 0 Å². The van der Waals surface area contributed by atoms with Crippen LogP contribution in [-0.2, 0) is 10.1 Å². The van der Waals surface area contributed by atoms with Crippen molar-refractivity contribution in [2.45, 2.75) is 25.4 Å². The first-order valence-corrected chi connectivity index (χ1v) is 4.81. The largest absolute Gasteiger partial charge is 0.388 e. The molecule has 64 valence electrons. The molecule has 0 aromatic rings. The average Bonchev–Trinajstić information content (AvgIpc) is 1.86. The molecule has 0 radical (unpaired) electrons. The predicted molar refractivity (Wildman–Crippen MR) is 39.5 cm³/mol. The molecule has 4 nitrogen and oxygen atoms in total. The minimum Gasteiger partial charge on any atom is -0.388 e. The van der Waals surface area contributed by atoms with Crippen molar-refractivity contribution in [3.8, 4) is 0 Å². The van der Waals surface area contributed by atoms with Gasteiger partial charge in [0.1, 0.15) is 0 Å². The molecule has 1 rings (SSSR count). The number of hydrogen-bond donors (Lipinski definition) is 2. The van der Waals surface area contributed by atoms with Gasteiger partial charge in [-0.3, -0.25) is 4.55 Å². The van der Waals surface area contributed by atoms with Crippen LogP contribution in [0.5, 0.6) is 0 Å². The van der Waals surface area contributed by atoms with E-state index < -0.39 is 16.2 Å². The van der Waals surface area contributed by atoms with Gasteiger partial charge in [-0.2, -0.15) is 8.42 Å². The topological polar surface area (TPSA) is 74.6 Å². The minimum absolute atomic E-state index is 0.247. The normalized spacial score (nSPS) is 26.4. The van der Waals surface area contributed by atoms with Gasteiger partial charge < -0.3 is 5.11 Å². The lowest BCUT2D eigenvalue weighted by Crippen LogP contribution is -2.20. The molecule has 0 amide bonds. The second-order valence-corrected chi connectivity index (χ2v) is 3.95. The standard InChI is InChI=1S/C6H10O4S/c7-5-3-1-2-4-6(5)11(8,9)10/h4-5,7H,1-3H2,(H,8,9,10). The zero-order valence-corrected chi connectivity index (χ0v) is 6.71. The molecule has 0 aromatic heterocycles. The van der Waals surface area contributed by atoms with E-state index in [0.717, 1.165) is 6.42 Å². The average molecular weight is 178 g/mol. The lowest BCUT2D eigenvalue weighted by molar-refractivity contribution is 0.197. The van der Waals surface area contributed by atoms with Crippen LogP contribution in [0.3, 0.4) is 0 Å². The maximum atomic E-state index is 10.5. The van der Waals surface area contributed by atoms with Crippen LogP contribution in [-0.4, -0.2) is 24.2 Å². The molecule has 0 aromatic carbocycles. The molecule has 5 heteroatoms. The molecule has 2 N–H and O–H groups in total. The van der Waals surface area contributed by atoms with Crippen LogP contribution in [0, 0.1) is 0 Å². The quantitative estimate of drug-likeness (QED) is 0.566. The molecule has 1 aliphatic carbocycles. The number of aliphatic hydroxyl groups excluding tert-OH is 1. The second kappa shape index (κ2) is 2.92. The van der Waals surface area contributed by atoms with Crippen molar-refractivity contribution in [1.29, 1.82) is 0 Å². The van der Waals surface area contributed by atoms with Gasteiger partial charge in [-0.05, 0) is 19.3 Å². The van der Waals surface area contributed by atoms with Crippen LogP contribution in [0.1, 0.15) is 19.3 Å². The summed E-state index contributed by atoms with van der Waals surface area (Å²) < 4.78 is 29.6. The van der Waals surface area contributed by atoms with E-state index in [1.807, 2.05) is 0 Å². The van der Waals surface area contributed by atoms with E-state index in [1.54, 1.807) is 0 Å². The SMILES string of the molecule is O=S(=O)(O)C1=CCCCC1O. The predicted octanol–water partition coefficient (Wildman–Crippen LogP) is 0.303. The number of rotatable bonds is 1. The summed E-state index contributed by atoms with van der Waals surface area (Å²) in [5, 5.41) is 9.10. The Labute approximate surface area is 65.3 Å². The van der Waals surface area contributed by atoms with Gasteiger partial charge in [0.25, 0.3) is 10.1 Å². The van der Waals surface area contributed by atoms with E-state index in [9.17, 15) is 8.42 Å². The zero-order valence-electron chi connectivity index (χ0n) is 5.90. The Morgan fingerprint density at radius 1 is 1.55 bits per heavy atom. The van der Waals surface area contributed by atoms with E-state index in [-0.39, 0.29) is 4.91 Å². The molecule has 0 saturated carbocycles. The van der Waals surface area contributed by atoms with Gasteiger partial charge in [0, 0.05) is 0 Å². The smallest absolute Gasteiger partial charge is 0.292 e. The van der Waals surface area contributed by atoms with Crippen molar-refractivity contribution in [2.24, 2.45) is 0 Å². The first-order chi connectivity index (χ1) is 5.02. The fourth-order valence-electron chi connectivity index (χ4n) is 1.11. The van der Waals surface area contributed by atoms with Crippen LogP contribution >= 0.6 is 0 Å².